The van der Waals surface area contributed by atoms with Gasteiger partial charge < -0.3 is 19.3 Å². The molecule has 2 saturated heterocycles. The van der Waals surface area contributed by atoms with E-state index in [9.17, 15) is 14.0 Å². The van der Waals surface area contributed by atoms with Gasteiger partial charge in [-0.25, -0.2) is 4.39 Å². The largest absolute Gasteiger partial charge is 0.343 e. The third-order valence-electron chi connectivity index (χ3n) is 9.59. The van der Waals surface area contributed by atoms with E-state index in [2.05, 4.69) is 29.9 Å². The molecular weight excluding hydrogens is 517 g/mol. The predicted molar refractivity (Wildman–Crippen MR) is 161 cm³/mol. The van der Waals surface area contributed by atoms with E-state index >= 15 is 0 Å². The summed E-state index contributed by atoms with van der Waals surface area (Å²) in [6.07, 6.45) is 10.1. The molecule has 0 saturated carbocycles. The molecule has 0 N–H and O–H groups in total. The van der Waals surface area contributed by atoms with Crippen LogP contribution in [0.5, 0.6) is 0 Å². The number of likely N-dealkylation sites (tertiary alicyclic amines) is 2. The summed E-state index contributed by atoms with van der Waals surface area (Å²) in [4.78, 5) is 35.9. The molecule has 2 atom stereocenters. The zero-order valence-corrected chi connectivity index (χ0v) is 25.4. The molecule has 7 nitrogen and oxygen atoms in total. The molecule has 0 aliphatic carbocycles. The van der Waals surface area contributed by atoms with Gasteiger partial charge in [-0.1, -0.05) is 0 Å². The first-order valence-corrected chi connectivity index (χ1v) is 15.1. The predicted octanol–water partition coefficient (Wildman–Crippen LogP) is 5.46. The molecule has 0 spiro atoms. The smallest absolute Gasteiger partial charge is 0.256 e. The lowest BCUT2D eigenvalue weighted by Gasteiger charge is -2.38. The highest BCUT2D eigenvalue weighted by Gasteiger charge is 2.33. The summed E-state index contributed by atoms with van der Waals surface area (Å²) in [5.74, 6) is 0.715. The van der Waals surface area contributed by atoms with Gasteiger partial charge >= 0.3 is 0 Å². The second-order valence-electron chi connectivity index (χ2n) is 12.5. The van der Waals surface area contributed by atoms with E-state index < -0.39 is 5.82 Å². The second-order valence-corrected chi connectivity index (χ2v) is 12.5. The fourth-order valence-corrected chi connectivity index (χ4v) is 6.81. The van der Waals surface area contributed by atoms with E-state index in [1.807, 2.05) is 35.7 Å². The highest BCUT2D eigenvalue weighted by Crippen LogP contribution is 2.34. The molecule has 3 aromatic rings. The summed E-state index contributed by atoms with van der Waals surface area (Å²) in [6.45, 7) is 13.9. The van der Waals surface area contributed by atoms with Crippen LogP contribution < -0.4 is 0 Å². The van der Waals surface area contributed by atoms with Crippen LogP contribution in [0.2, 0.25) is 0 Å². The molecule has 0 radical (unpaired) electrons. The van der Waals surface area contributed by atoms with Crippen molar-refractivity contribution in [2.24, 2.45) is 11.8 Å². The Balaban J connectivity index is 1.39. The monoisotopic (exact) mass is 561 g/mol. The van der Waals surface area contributed by atoms with Crippen LogP contribution in [0.4, 0.5) is 4.39 Å². The van der Waals surface area contributed by atoms with E-state index in [1.165, 1.54) is 23.1 Å². The fourth-order valence-electron chi connectivity index (χ4n) is 6.81. The Bertz CT molecular complexity index is 1420. The van der Waals surface area contributed by atoms with Gasteiger partial charge in [-0.3, -0.25) is 14.6 Å². The van der Waals surface area contributed by atoms with Gasteiger partial charge in [0.15, 0.2) is 0 Å². The Hall–Kier alpha value is -3.26. The van der Waals surface area contributed by atoms with Gasteiger partial charge in [0.1, 0.15) is 5.82 Å². The number of piperidine rings is 1. The quantitative estimate of drug-likeness (QED) is 0.384. The van der Waals surface area contributed by atoms with Crippen molar-refractivity contribution in [3.05, 3.63) is 59.3 Å². The summed E-state index contributed by atoms with van der Waals surface area (Å²) in [5, 5.41) is 1.17. The molecule has 2 fully saturated rings. The number of hydrogen-bond acceptors (Lipinski definition) is 4. The molecule has 0 bridgehead atoms. The first kappa shape index (κ1) is 29.2. The van der Waals surface area contributed by atoms with Crippen LogP contribution >= 0.6 is 0 Å². The molecule has 41 heavy (non-hydrogen) atoms. The van der Waals surface area contributed by atoms with Crippen molar-refractivity contribution >= 4 is 22.7 Å². The SMILES string of the molecule is CC(=O)N1CCC([C@@H](C)N2CC[C@H](Cc3cn(-c4ccc(F)cc4C(=O)N(C)C(C)C)c4cncc(C)c34)C2)CC1. The number of aromatic nitrogens is 2. The van der Waals surface area contributed by atoms with Gasteiger partial charge in [0.2, 0.25) is 5.91 Å². The van der Waals surface area contributed by atoms with E-state index in [0.717, 1.165) is 62.9 Å². The second kappa shape index (κ2) is 11.9. The van der Waals surface area contributed by atoms with E-state index in [0.29, 0.717) is 29.1 Å². The highest BCUT2D eigenvalue weighted by atomic mass is 19.1. The van der Waals surface area contributed by atoms with Crippen LogP contribution in [0.25, 0.3) is 16.6 Å². The van der Waals surface area contributed by atoms with Crippen molar-refractivity contribution in [2.45, 2.75) is 72.4 Å². The lowest BCUT2D eigenvalue weighted by atomic mass is 9.89. The number of carbonyl (C=O) groups excluding carboxylic acids is 2. The molecule has 2 aromatic heterocycles. The molecular formula is C33H44FN5O2. The number of rotatable bonds is 7. The highest BCUT2D eigenvalue weighted by molar-refractivity contribution is 5.99. The number of nitrogens with zero attached hydrogens (tertiary/aromatic N) is 5. The molecule has 2 amide bonds. The van der Waals surface area contributed by atoms with Gasteiger partial charge in [0, 0.05) is 63.5 Å². The fraction of sp³-hybridized carbons (Fsp3) is 0.545. The van der Waals surface area contributed by atoms with E-state index in [1.54, 1.807) is 24.9 Å². The minimum atomic E-state index is -0.424. The third-order valence-corrected chi connectivity index (χ3v) is 9.59. The number of pyridine rings is 1. The van der Waals surface area contributed by atoms with Crippen molar-refractivity contribution in [3.63, 3.8) is 0 Å². The number of halogens is 1. The number of aryl methyl sites for hydroxylation is 1. The summed E-state index contributed by atoms with van der Waals surface area (Å²) in [5.41, 5.74) is 4.31. The number of benzene rings is 1. The van der Waals surface area contributed by atoms with Crippen molar-refractivity contribution < 1.29 is 14.0 Å². The maximum atomic E-state index is 14.4. The molecule has 2 aliphatic heterocycles. The standard InChI is InChI=1S/C33H44FN5O2/c1-21(2)36(6)33(41)29-16-28(34)7-8-30(29)39-20-27(32-22(3)17-35-18-31(32)39)15-25-9-12-38(19-25)23(4)26-10-13-37(14-11-26)24(5)40/h7-8,16-18,20-21,23,25-26H,9-15,19H2,1-6H3/t23-,25-/m1/s1. The average molecular weight is 562 g/mol. The topological polar surface area (TPSA) is 61.7 Å². The lowest BCUT2D eigenvalue weighted by molar-refractivity contribution is -0.130. The Labute approximate surface area is 243 Å². The van der Waals surface area contributed by atoms with Crippen molar-refractivity contribution in [2.75, 3.05) is 33.2 Å². The van der Waals surface area contributed by atoms with Crippen LogP contribution in [0, 0.1) is 24.6 Å². The van der Waals surface area contributed by atoms with Gasteiger partial charge in [0.25, 0.3) is 5.91 Å². The molecule has 220 valence electrons. The average Bonchev–Trinajstić information content (AvgIpc) is 3.57. The van der Waals surface area contributed by atoms with Gasteiger partial charge in [-0.2, -0.15) is 0 Å². The maximum Gasteiger partial charge on any atom is 0.256 e. The summed E-state index contributed by atoms with van der Waals surface area (Å²) in [7, 11) is 1.76. The van der Waals surface area contributed by atoms with Crippen LogP contribution in [-0.2, 0) is 11.2 Å². The lowest BCUT2D eigenvalue weighted by Crippen LogP contribution is -2.44. The van der Waals surface area contributed by atoms with Gasteiger partial charge in [-0.05, 0) is 101 Å². The Kier molecular flexibility index (Phi) is 8.50. The third kappa shape index (κ3) is 5.89. The number of carbonyl (C=O) groups is 2. The van der Waals surface area contributed by atoms with Crippen LogP contribution in [0.3, 0.4) is 0 Å². The van der Waals surface area contributed by atoms with Crippen molar-refractivity contribution in [3.8, 4) is 5.69 Å². The van der Waals surface area contributed by atoms with Crippen LogP contribution in [-0.4, -0.2) is 81.4 Å². The first-order valence-electron chi connectivity index (χ1n) is 15.1. The molecule has 5 rings (SSSR count). The van der Waals surface area contributed by atoms with E-state index in [-0.39, 0.29) is 17.9 Å². The molecule has 4 heterocycles. The summed E-state index contributed by atoms with van der Waals surface area (Å²) >= 11 is 0. The number of hydrogen-bond donors (Lipinski definition) is 0. The van der Waals surface area contributed by atoms with Gasteiger partial charge in [-0.15, -0.1) is 0 Å². The van der Waals surface area contributed by atoms with Crippen molar-refractivity contribution in [1.29, 1.82) is 0 Å². The number of fused-ring (bicyclic) bond motifs is 1. The van der Waals surface area contributed by atoms with E-state index in [4.69, 9.17) is 0 Å². The Morgan fingerprint density at radius 2 is 1.83 bits per heavy atom. The normalized spacial score (nSPS) is 19.3. The summed E-state index contributed by atoms with van der Waals surface area (Å²) in [6, 6.07) is 4.98. The zero-order chi connectivity index (χ0) is 29.4. The zero-order valence-electron chi connectivity index (χ0n) is 25.4. The molecule has 1 aromatic carbocycles. The Morgan fingerprint density at radius 3 is 2.51 bits per heavy atom. The van der Waals surface area contributed by atoms with Crippen LogP contribution in [0.15, 0.2) is 36.8 Å². The maximum absolute atomic E-state index is 14.4. The van der Waals surface area contributed by atoms with Crippen LogP contribution in [0.1, 0.15) is 68.4 Å². The molecule has 2 aliphatic rings. The van der Waals surface area contributed by atoms with Crippen molar-refractivity contribution in [1.82, 2.24) is 24.3 Å². The Morgan fingerprint density at radius 1 is 1.10 bits per heavy atom. The molecule has 8 heteroatoms. The molecule has 0 unspecified atom stereocenters. The minimum absolute atomic E-state index is 0.00566. The van der Waals surface area contributed by atoms with Gasteiger partial charge in [0.05, 0.1) is 23.0 Å². The first-order chi connectivity index (χ1) is 19.5. The summed E-state index contributed by atoms with van der Waals surface area (Å²) < 4.78 is 16.4. The number of amides is 2. The minimum Gasteiger partial charge on any atom is -0.343 e.